The van der Waals surface area contributed by atoms with E-state index in [0.29, 0.717) is 31.0 Å². The molecule has 0 saturated carbocycles. The second-order valence-corrected chi connectivity index (χ2v) is 7.08. The third-order valence-electron chi connectivity index (χ3n) is 4.59. The minimum absolute atomic E-state index is 0.0716. The Morgan fingerprint density at radius 3 is 2.75 bits per heavy atom. The molecule has 0 unspecified atom stereocenters. The van der Waals surface area contributed by atoms with Crippen LogP contribution in [0.1, 0.15) is 38.4 Å². The first-order valence-electron chi connectivity index (χ1n) is 9.51. The van der Waals surface area contributed by atoms with Gasteiger partial charge in [-0.2, -0.15) is 5.26 Å². The van der Waals surface area contributed by atoms with Crippen LogP contribution < -0.4 is 4.90 Å². The Labute approximate surface area is 170 Å². The molecular weight excluding hydrogens is 372 g/mol. The minimum Gasteiger partial charge on any atom is -0.326 e. The van der Waals surface area contributed by atoms with Gasteiger partial charge in [0, 0.05) is 30.1 Å². The van der Waals surface area contributed by atoms with Gasteiger partial charge >= 0.3 is 0 Å². The lowest BCUT2D eigenvalue weighted by Gasteiger charge is -2.23. The van der Waals surface area contributed by atoms with Crippen molar-refractivity contribution in [2.45, 2.75) is 45.7 Å². The predicted molar refractivity (Wildman–Crippen MR) is 112 cm³/mol. The van der Waals surface area contributed by atoms with Gasteiger partial charge in [0.15, 0.2) is 0 Å². The number of unbranched alkanes of at least 4 members (excludes halogenated alkanes) is 1. The number of hydrogen-bond donors (Lipinski definition) is 0. The summed E-state index contributed by atoms with van der Waals surface area (Å²) in [6.45, 7) is 3.05. The van der Waals surface area contributed by atoms with Gasteiger partial charge in [-0.1, -0.05) is 36.7 Å². The average molecular weight is 395 g/mol. The molecule has 28 heavy (non-hydrogen) atoms. The third kappa shape index (κ3) is 4.52. The molecule has 2 aromatic carbocycles. The van der Waals surface area contributed by atoms with E-state index >= 15 is 0 Å². The van der Waals surface area contributed by atoms with Gasteiger partial charge in [-0.25, -0.2) is 4.98 Å². The van der Waals surface area contributed by atoms with Crippen molar-refractivity contribution in [3.8, 4) is 6.07 Å². The number of para-hydroxylation sites is 1. The zero-order valence-electron chi connectivity index (χ0n) is 15.9. The van der Waals surface area contributed by atoms with Gasteiger partial charge in [-0.15, -0.1) is 0 Å². The molecule has 0 aliphatic heterocycles. The van der Waals surface area contributed by atoms with Crippen LogP contribution in [0.3, 0.4) is 0 Å². The topological polar surface area (TPSA) is 61.9 Å². The molecule has 0 saturated heterocycles. The fraction of sp³-hybridized carbons (Fsp3) is 0.318. The number of nitrogens with zero attached hydrogens (tertiary/aromatic N) is 4. The highest BCUT2D eigenvalue weighted by atomic mass is 35.5. The molecule has 0 bridgehead atoms. The number of rotatable bonds is 8. The lowest BCUT2D eigenvalue weighted by Crippen LogP contribution is -2.31. The van der Waals surface area contributed by atoms with E-state index in [0.717, 1.165) is 35.4 Å². The Kier molecular flexibility index (Phi) is 6.67. The average Bonchev–Trinajstić information content (AvgIpc) is 3.03. The van der Waals surface area contributed by atoms with Gasteiger partial charge in [0.25, 0.3) is 0 Å². The lowest BCUT2D eigenvalue weighted by atomic mass is 10.2. The van der Waals surface area contributed by atoms with Gasteiger partial charge in [0.05, 0.1) is 23.6 Å². The standard InChI is InChI=1S/C22H23ClN4O/c1-2-8-22(28)27(18-9-4-3-5-10-18)16-21-25-19-15-17(23)11-12-20(19)26(21)14-7-6-13-24/h3-5,9-12,15H,2,6-8,14,16H2,1H3. The molecule has 0 aliphatic carbocycles. The first-order valence-corrected chi connectivity index (χ1v) is 9.89. The summed E-state index contributed by atoms with van der Waals surface area (Å²) in [5.74, 6) is 0.867. The summed E-state index contributed by atoms with van der Waals surface area (Å²) in [7, 11) is 0. The minimum atomic E-state index is 0.0716. The van der Waals surface area contributed by atoms with E-state index in [2.05, 4.69) is 10.6 Å². The second kappa shape index (κ2) is 9.38. The largest absolute Gasteiger partial charge is 0.326 e. The van der Waals surface area contributed by atoms with E-state index in [-0.39, 0.29) is 5.91 Å². The number of hydrogen-bond acceptors (Lipinski definition) is 3. The monoisotopic (exact) mass is 394 g/mol. The van der Waals surface area contributed by atoms with Gasteiger partial charge in [0.1, 0.15) is 5.82 Å². The van der Waals surface area contributed by atoms with Crippen LogP contribution in [0.2, 0.25) is 5.02 Å². The molecule has 0 fully saturated rings. The van der Waals surface area contributed by atoms with Crippen LogP contribution in [0.25, 0.3) is 11.0 Å². The number of amides is 1. The quantitative estimate of drug-likeness (QED) is 0.485. The summed E-state index contributed by atoms with van der Waals surface area (Å²) >= 11 is 6.14. The van der Waals surface area contributed by atoms with Crippen LogP contribution >= 0.6 is 11.6 Å². The molecule has 1 aromatic heterocycles. The van der Waals surface area contributed by atoms with E-state index in [9.17, 15) is 4.79 Å². The van der Waals surface area contributed by atoms with Crippen molar-refractivity contribution in [2.24, 2.45) is 0 Å². The number of halogens is 1. The van der Waals surface area contributed by atoms with Crippen molar-refractivity contribution in [3.63, 3.8) is 0 Å². The number of carbonyl (C=O) groups is 1. The number of benzene rings is 2. The van der Waals surface area contributed by atoms with Crippen molar-refractivity contribution in [1.29, 1.82) is 5.26 Å². The number of anilines is 1. The molecule has 1 amide bonds. The normalized spacial score (nSPS) is 10.8. The zero-order valence-corrected chi connectivity index (χ0v) is 16.7. The summed E-state index contributed by atoms with van der Waals surface area (Å²) in [5.41, 5.74) is 2.62. The van der Waals surface area contributed by atoms with E-state index in [1.165, 1.54) is 0 Å². The maximum atomic E-state index is 12.8. The molecule has 5 nitrogen and oxygen atoms in total. The molecule has 3 rings (SSSR count). The number of imidazole rings is 1. The Bertz CT molecular complexity index is 991. The van der Waals surface area contributed by atoms with Crippen LogP contribution in [0.5, 0.6) is 0 Å². The molecule has 0 atom stereocenters. The van der Waals surface area contributed by atoms with Gasteiger partial charge in [-0.05, 0) is 43.2 Å². The molecule has 1 heterocycles. The smallest absolute Gasteiger partial charge is 0.227 e. The van der Waals surface area contributed by atoms with Crippen LogP contribution in [-0.4, -0.2) is 15.5 Å². The van der Waals surface area contributed by atoms with Crippen LogP contribution in [0.4, 0.5) is 5.69 Å². The van der Waals surface area contributed by atoms with E-state index < -0.39 is 0 Å². The Balaban J connectivity index is 2.00. The van der Waals surface area contributed by atoms with Crippen molar-refractivity contribution in [2.75, 3.05) is 4.90 Å². The fourth-order valence-electron chi connectivity index (χ4n) is 3.26. The van der Waals surface area contributed by atoms with Crippen LogP contribution in [0, 0.1) is 11.3 Å². The summed E-state index contributed by atoms with van der Waals surface area (Å²) in [4.78, 5) is 19.4. The summed E-state index contributed by atoms with van der Waals surface area (Å²) in [5, 5.41) is 9.52. The SMILES string of the molecule is CCCC(=O)N(Cc1nc2cc(Cl)ccc2n1CCCC#N)c1ccccc1. The summed E-state index contributed by atoms with van der Waals surface area (Å²) in [6.07, 6.45) is 2.47. The number of aromatic nitrogens is 2. The van der Waals surface area contributed by atoms with E-state index in [1.54, 1.807) is 4.90 Å². The van der Waals surface area contributed by atoms with Gasteiger partial charge < -0.3 is 9.47 Å². The number of carbonyl (C=O) groups excluding carboxylic acids is 1. The summed E-state index contributed by atoms with van der Waals surface area (Å²) < 4.78 is 2.10. The zero-order chi connectivity index (χ0) is 19.9. The second-order valence-electron chi connectivity index (χ2n) is 6.64. The molecule has 144 valence electrons. The highest BCUT2D eigenvalue weighted by Crippen LogP contribution is 2.24. The fourth-order valence-corrected chi connectivity index (χ4v) is 3.43. The highest BCUT2D eigenvalue weighted by molar-refractivity contribution is 6.31. The number of nitriles is 1. The molecule has 0 aliphatic rings. The van der Waals surface area contributed by atoms with E-state index in [4.69, 9.17) is 21.8 Å². The summed E-state index contributed by atoms with van der Waals surface area (Å²) in [6, 6.07) is 17.5. The van der Waals surface area contributed by atoms with Gasteiger partial charge in [0.2, 0.25) is 5.91 Å². The van der Waals surface area contributed by atoms with Crippen molar-refractivity contribution < 1.29 is 4.79 Å². The molecule has 0 radical (unpaired) electrons. The molecule has 0 N–H and O–H groups in total. The molecule has 0 spiro atoms. The number of fused-ring (bicyclic) bond motifs is 1. The Morgan fingerprint density at radius 1 is 1.25 bits per heavy atom. The number of aryl methyl sites for hydroxylation is 1. The van der Waals surface area contributed by atoms with Crippen molar-refractivity contribution >= 4 is 34.2 Å². The van der Waals surface area contributed by atoms with E-state index in [1.807, 2.05) is 55.5 Å². The van der Waals surface area contributed by atoms with Gasteiger partial charge in [-0.3, -0.25) is 4.79 Å². The Morgan fingerprint density at radius 2 is 2.04 bits per heavy atom. The maximum Gasteiger partial charge on any atom is 0.227 e. The van der Waals surface area contributed by atoms with Crippen molar-refractivity contribution in [3.05, 3.63) is 59.4 Å². The van der Waals surface area contributed by atoms with Crippen molar-refractivity contribution in [1.82, 2.24) is 9.55 Å². The molecular formula is C22H23ClN4O. The molecule has 3 aromatic rings. The lowest BCUT2D eigenvalue weighted by molar-refractivity contribution is -0.118. The first-order chi connectivity index (χ1) is 13.6. The maximum absolute atomic E-state index is 12.8. The third-order valence-corrected chi connectivity index (χ3v) is 4.83. The van der Waals surface area contributed by atoms with Crippen LogP contribution in [-0.2, 0) is 17.9 Å². The Hall–Kier alpha value is -2.84. The first kappa shape index (κ1) is 19.9. The molecule has 6 heteroatoms. The predicted octanol–water partition coefficient (Wildman–Crippen LogP) is 5.33. The van der Waals surface area contributed by atoms with Crippen LogP contribution in [0.15, 0.2) is 48.5 Å². The highest BCUT2D eigenvalue weighted by Gasteiger charge is 2.20.